The Bertz CT molecular complexity index is 594. The van der Waals surface area contributed by atoms with Gasteiger partial charge in [-0.1, -0.05) is 24.9 Å². The maximum absolute atomic E-state index is 12.0. The fourth-order valence-corrected chi connectivity index (χ4v) is 1.93. The summed E-state index contributed by atoms with van der Waals surface area (Å²) < 4.78 is 0. The number of H-pyrrole nitrogens is 1. The van der Waals surface area contributed by atoms with Gasteiger partial charge in [0.05, 0.1) is 10.6 Å². The van der Waals surface area contributed by atoms with E-state index in [2.05, 4.69) is 22.4 Å². The van der Waals surface area contributed by atoms with Crippen molar-refractivity contribution in [3.63, 3.8) is 0 Å². The molecule has 2 aromatic rings. The third-order valence-electron chi connectivity index (χ3n) is 2.63. The van der Waals surface area contributed by atoms with Crippen LogP contribution < -0.4 is 11.1 Å². The molecular weight excluding hydrogens is 264 g/mol. The van der Waals surface area contributed by atoms with Crippen molar-refractivity contribution in [2.24, 2.45) is 0 Å². The van der Waals surface area contributed by atoms with Crippen molar-refractivity contribution in [3.8, 4) is 0 Å². The number of amides is 1. The Morgan fingerprint density at radius 2 is 2.26 bits per heavy atom. The molecular formula is C13H15ClN4O. The Labute approximate surface area is 116 Å². The van der Waals surface area contributed by atoms with E-state index in [9.17, 15) is 4.79 Å². The minimum Gasteiger partial charge on any atom is -0.399 e. The fourth-order valence-electron chi connectivity index (χ4n) is 1.72. The lowest BCUT2D eigenvalue weighted by Gasteiger charge is -2.05. The number of nitrogen functional groups attached to an aromatic ring is 1. The smallest absolute Gasteiger partial charge is 0.258 e. The second-order valence-corrected chi connectivity index (χ2v) is 4.63. The molecule has 0 aliphatic carbocycles. The minimum absolute atomic E-state index is 0.327. The number of nitrogens with zero attached hydrogens (tertiary/aromatic N) is 1. The molecule has 0 atom stereocenters. The molecule has 0 bridgehead atoms. The highest BCUT2D eigenvalue weighted by Crippen LogP contribution is 2.20. The van der Waals surface area contributed by atoms with Crippen molar-refractivity contribution in [1.82, 2.24) is 10.2 Å². The molecule has 4 N–H and O–H groups in total. The summed E-state index contributed by atoms with van der Waals surface area (Å²) in [5, 5.41) is 9.93. The number of rotatable bonds is 4. The molecule has 1 aromatic carbocycles. The van der Waals surface area contributed by atoms with Gasteiger partial charge in [-0.2, -0.15) is 5.10 Å². The number of carbonyl (C=O) groups is 1. The first-order valence-corrected chi connectivity index (χ1v) is 6.38. The predicted molar refractivity (Wildman–Crippen MR) is 76.4 cm³/mol. The van der Waals surface area contributed by atoms with Gasteiger partial charge in [-0.15, -0.1) is 0 Å². The predicted octanol–water partition coefficient (Wildman–Crippen LogP) is 2.85. The number of nitrogens with two attached hydrogens (primary N) is 1. The number of anilines is 2. The lowest BCUT2D eigenvalue weighted by molar-refractivity contribution is 0.102. The van der Waals surface area contributed by atoms with Crippen LogP contribution in [0.3, 0.4) is 0 Å². The van der Waals surface area contributed by atoms with E-state index in [1.165, 1.54) is 6.07 Å². The van der Waals surface area contributed by atoms with E-state index in [1.807, 2.05) is 6.07 Å². The van der Waals surface area contributed by atoms with E-state index < -0.39 is 0 Å². The van der Waals surface area contributed by atoms with Crippen LogP contribution in [-0.4, -0.2) is 16.1 Å². The van der Waals surface area contributed by atoms with Crippen molar-refractivity contribution in [3.05, 3.63) is 40.5 Å². The van der Waals surface area contributed by atoms with E-state index in [1.54, 1.807) is 12.1 Å². The Kier molecular flexibility index (Phi) is 4.06. The Morgan fingerprint density at radius 1 is 1.47 bits per heavy atom. The van der Waals surface area contributed by atoms with Gasteiger partial charge in [0.25, 0.3) is 5.91 Å². The summed E-state index contributed by atoms with van der Waals surface area (Å²) in [6.45, 7) is 2.08. The summed E-state index contributed by atoms with van der Waals surface area (Å²) in [5.41, 5.74) is 7.45. The number of nitrogens with one attached hydrogen (secondary N) is 2. The molecule has 100 valence electrons. The molecule has 0 saturated carbocycles. The van der Waals surface area contributed by atoms with Crippen molar-refractivity contribution < 1.29 is 4.79 Å². The van der Waals surface area contributed by atoms with Crippen molar-refractivity contribution >= 4 is 29.0 Å². The third-order valence-corrected chi connectivity index (χ3v) is 2.96. The second-order valence-electron chi connectivity index (χ2n) is 4.22. The van der Waals surface area contributed by atoms with Crippen LogP contribution >= 0.6 is 11.6 Å². The third kappa shape index (κ3) is 3.26. The highest BCUT2D eigenvalue weighted by Gasteiger charge is 2.12. The summed E-state index contributed by atoms with van der Waals surface area (Å²) in [6.07, 6.45) is 1.90. The van der Waals surface area contributed by atoms with Crippen LogP contribution in [0.4, 0.5) is 11.5 Å². The van der Waals surface area contributed by atoms with Gasteiger partial charge in [-0.3, -0.25) is 9.89 Å². The molecule has 0 radical (unpaired) electrons. The molecule has 1 heterocycles. The number of aryl methyl sites for hydroxylation is 1. The molecule has 5 nitrogen and oxygen atoms in total. The zero-order valence-corrected chi connectivity index (χ0v) is 11.3. The molecule has 0 spiro atoms. The highest BCUT2D eigenvalue weighted by molar-refractivity contribution is 6.34. The largest absolute Gasteiger partial charge is 0.399 e. The molecule has 0 fully saturated rings. The van der Waals surface area contributed by atoms with Crippen molar-refractivity contribution in [1.29, 1.82) is 0 Å². The quantitative estimate of drug-likeness (QED) is 0.752. The number of aromatic amines is 1. The van der Waals surface area contributed by atoms with Gasteiger partial charge >= 0.3 is 0 Å². The van der Waals surface area contributed by atoms with Crippen LogP contribution in [-0.2, 0) is 6.42 Å². The van der Waals surface area contributed by atoms with Gasteiger partial charge in [-0.05, 0) is 24.6 Å². The summed E-state index contributed by atoms with van der Waals surface area (Å²) in [4.78, 5) is 12.0. The van der Waals surface area contributed by atoms with Gasteiger partial charge in [0, 0.05) is 17.4 Å². The molecule has 1 aromatic heterocycles. The molecule has 0 aliphatic heterocycles. The van der Waals surface area contributed by atoms with Crippen LogP contribution in [0.5, 0.6) is 0 Å². The van der Waals surface area contributed by atoms with E-state index in [0.717, 1.165) is 18.5 Å². The Morgan fingerprint density at radius 3 is 3.00 bits per heavy atom. The Balaban J connectivity index is 2.13. The van der Waals surface area contributed by atoms with Crippen LogP contribution in [0.2, 0.25) is 5.02 Å². The number of aromatic nitrogens is 2. The van der Waals surface area contributed by atoms with E-state index in [4.69, 9.17) is 17.3 Å². The number of benzene rings is 1. The first kappa shape index (κ1) is 13.4. The lowest BCUT2D eigenvalue weighted by atomic mass is 10.2. The standard InChI is InChI=1S/C13H15ClN4O/c1-2-3-9-7-12(18-17-9)16-13(19)10-6-8(15)4-5-11(10)14/h4-7H,2-3,15H2,1H3,(H2,16,17,18,19). The first-order valence-electron chi connectivity index (χ1n) is 6.01. The number of carbonyl (C=O) groups excluding carboxylic acids is 1. The molecule has 19 heavy (non-hydrogen) atoms. The molecule has 0 saturated heterocycles. The number of halogens is 1. The highest BCUT2D eigenvalue weighted by atomic mass is 35.5. The number of hydrogen-bond acceptors (Lipinski definition) is 3. The van der Waals surface area contributed by atoms with Gasteiger partial charge < -0.3 is 11.1 Å². The zero-order valence-electron chi connectivity index (χ0n) is 10.5. The topological polar surface area (TPSA) is 83.8 Å². The van der Waals surface area contributed by atoms with Crippen LogP contribution in [0.1, 0.15) is 29.4 Å². The summed E-state index contributed by atoms with van der Waals surface area (Å²) >= 11 is 5.97. The molecule has 6 heteroatoms. The van der Waals surface area contributed by atoms with Gasteiger partial charge in [-0.25, -0.2) is 0 Å². The molecule has 1 amide bonds. The zero-order chi connectivity index (χ0) is 13.8. The molecule has 0 unspecified atom stereocenters. The molecule has 0 aliphatic rings. The number of hydrogen-bond donors (Lipinski definition) is 3. The normalized spacial score (nSPS) is 10.4. The Hall–Kier alpha value is -2.01. The van der Waals surface area contributed by atoms with Gasteiger partial charge in [0.2, 0.25) is 0 Å². The van der Waals surface area contributed by atoms with E-state index in [0.29, 0.717) is 22.1 Å². The first-order chi connectivity index (χ1) is 9.10. The van der Waals surface area contributed by atoms with E-state index in [-0.39, 0.29) is 5.91 Å². The summed E-state index contributed by atoms with van der Waals surface area (Å²) in [5.74, 6) is 0.152. The fraction of sp³-hybridized carbons (Fsp3) is 0.231. The summed E-state index contributed by atoms with van der Waals surface area (Å²) in [7, 11) is 0. The maximum Gasteiger partial charge on any atom is 0.258 e. The van der Waals surface area contributed by atoms with Gasteiger partial charge in [0.15, 0.2) is 5.82 Å². The SMILES string of the molecule is CCCc1cc(NC(=O)c2cc(N)ccc2Cl)n[nH]1. The maximum atomic E-state index is 12.0. The monoisotopic (exact) mass is 278 g/mol. The molecule has 2 rings (SSSR count). The van der Waals surface area contributed by atoms with E-state index >= 15 is 0 Å². The van der Waals surface area contributed by atoms with Crippen molar-refractivity contribution in [2.75, 3.05) is 11.1 Å². The summed E-state index contributed by atoms with van der Waals surface area (Å²) in [6, 6.07) is 6.59. The van der Waals surface area contributed by atoms with Crippen LogP contribution in [0, 0.1) is 0 Å². The lowest BCUT2D eigenvalue weighted by Crippen LogP contribution is -2.13. The van der Waals surface area contributed by atoms with Crippen LogP contribution in [0.25, 0.3) is 0 Å². The van der Waals surface area contributed by atoms with Gasteiger partial charge in [0.1, 0.15) is 0 Å². The second kappa shape index (κ2) is 5.75. The average molecular weight is 279 g/mol. The van der Waals surface area contributed by atoms with Crippen LogP contribution in [0.15, 0.2) is 24.3 Å². The average Bonchev–Trinajstić information content (AvgIpc) is 2.80. The van der Waals surface area contributed by atoms with Crippen molar-refractivity contribution in [2.45, 2.75) is 19.8 Å². The minimum atomic E-state index is -0.327.